The quantitative estimate of drug-likeness (QED) is 0.765. The summed E-state index contributed by atoms with van der Waals surface area (Å²) >= 11 is 0. The minimum atomic E-state index is 0.0312. The minimum absolute atomic E-state index is 0.0312. The first-order chi connectivity index (χ1) is 11.8. The van der Waals surface area contributed by atoms with Crippen molar-refractivity contribution in [2.45, 2.75) is 39.7 Å². The van der Waals surface area contributed by atoms with Crippen LogP contribution in [0.25, 0.3) is 0 Å². The summed E-state index contributed by atoms with van der Waals surface area (Å²) in [7, 11) is 1.63. The normalized spacial score (nSPS) is 11.3. The summed E-state index contributed by atoms with van der Waals surface area (Å²) in [5, 5.41) is 0. The first-order valence-corrected chi connectivity index (χ1v) is 8.59. The summed E-state index contributed by atoms with van der Waals surface area (Å²) in [5.74, 6) is 2.30. The van der Waals surface area contributed by atoms with E-state index in [9.17, 15) is 0 Å². The van der Waals surface area contributed by atoms with Crippen LogP contribution < -0.4 is 19.9 Å². The van der Waals surface area contributed by atoms with Crippen LogP contribution in [0.15, 0.2) is 36.4 Å². The second-order valence-electron chi connectivity index (χ2n) is 7.14. The highest BCUT2D eigenvalue weighted by molar-refractivity contribution is 5.43. The lowest BCUT2D eigenvalue weighted by Crippen LogP contribution is -2.16. The number of aryl methyl sites for hydroxylation is 1. The third kappa shape index (κ3) is 5.13. The number of hydrogen-bond acceptors (Lipinski definition) is 4. The molecule has 136 valence electrons. The molecule has 2 N–H and O–H groups in total. The molecule has 0 spiro atoms. The van der Waals surface area contributed by atoms with E-state index in [0.29, 0.717) is 31.3 Å². The van der Waals surface area contributed by atoms with Crippen LogP contribution >= 0.6 is 0 Å². The van der Waals surface area contributed by atoms with Crippen LogP contribution in [0.1, 0.15) is 37.5 Å². The smallest absolute Gasteiger partial charge is 0.161 e. The van der Waals surface area contributed by atoms with Crippen molar-refractivity contribution in [3.63, 3.8) is 0 Å². The number of rotatable bonds is 7. The van der Waals surface area contributed by atoms with E-state index in [1.54, 1.807) is 7.11 Å². The van der Waals surface area contributed by atoms with Crippen molar-refractivity contribution in [3.05, 3.63) is 53.1 Å². The highest BCUT2D eigenvalue weighted by Crippen LogP contribution is 2.32. The molecule has 2 aromatic rings. The third-order valence-electron chi connectivity index (χ3n) is 4.01. The second-order valence-corrected chi connectivity index (χ2v) is 7.14. The van der Waals surface area contributed by atoms with Gasteiger partial charge in [-0.25, -0.2) is 0 Å². The molecule has 0 aliphatic carbocycles. The Kier molecular flexibility index (Phi) is 6.32. The Labute approximate surface area is 150 Å². The van der Waals surface area contributed by atoms with Gasteiger partial charge in [-0.2, -0.15) is 0 Å². The van der Waals surface area contributed by atoms with Gasteiger partial charge in [-0.1, -0.05) is 44.5 Å². The number of methoxy groups -OCH3 is 1. The summed E-state index contributed by atoms with van der Waals surface area (Å²) in [6.45, 7) is 10.0. The molecule has 0 bridgehead atoms. The molecule has 0 unspecified atom stereocenters. The number of hydrogen-bond donors (Lipinski definition) is 1. The zero-order valence-corrected chi connectivity index (χ0v) is 15.9. The van der Waals surface area contributed by atoms with E-state index in [4.69, 9.17) is 19.9 Å². The van der Waals surface area contributed by atoms with Gasteiger partial charge in [-0.3, -0.25) is 0 Å². The molecule has 0 atom stereocenters. The van der Waals surface area contributed by atoms with Gasteiger partial charge in [0.1, 0.15) is 19.0 Å². The van der Waals surface area contributed by atoms with Crippen molar-refractivity contribution in [1.82, 2.24) is 0 Å². The molecule has 0 aliphatic rings. The monoisotopic (exact) mass is 343 g/mol. The maximum atomic E-state index is 5.97. The fourth-order valence-electron chi connectivity index (χ4n) is 2.62. The summed E-state index contributed by atoms with van der Waals surface area (Å²) in [6.07, 6.45) is 0. The maximum Gasteiger partial charge on any atom is 0.161 e. The topological polar surface area (TPSA) is 53.7 Å². The highest BCUT2D eigenvalue weighted by atomic mass is 16.5. The van der Waals surface area contributed by atoms with Crippen LogP contribution in [-0.2, 0) is 12.0 Å². The largest absolute Gasteiger partial charge is 0.493 e. The number of nitrogens with two attached hydrogens (primary N) is 1. The molecule has 0 fully saturated rings. The second kappa shape index (κ2) is 8.26. The zero-order valence-electron chi connectivity index (χ0n) is 15.9. The van der Waals surface area contributed by atoms with E-state index < -0.39 is 0 Å². The molecule has 25 heavy (non-hydrogen) atoms. The van der Waals surface area contributed by atoms with E-state index >= 15 is 0 Å². The van der Waals surface area contributed by atoms with Crippen molar-refractivity contribution in [1.29, 1.82) is 0 Å². The van der Waals surface area contributed by atoms with Crippen molar-refractivity contribution in [3.8, 4) is 17.2 Å². The van der Waals surface area contributed by atoms with Gasteiger partial charge in [0.2, 0.25) is 0 Å². The van der Waals surface area contributed by atoms with Crippen LogP contribution in [0.3, 0.4) is 0 Å². The van der Waals surface area contributed by atoms with Crippen LogP contribution in [-0.4, -0.2) is 20.3 Å². The van der Waals surface area contributed by atoms with Crippen LogP contribution in [0.4, 0.5) is 0 Å². The van der Waals surface area contributed by atoms with E-state index in [1.165, 1.54) is 11.1 Å². The fourth-order valence-corrected chi connectivity index (χ4v) is 2.62. The van der Waals surface area contributed by atoms with Gasteiger partial charge in [0.25, 0.3) is 0 Å². The molecule has 0 saturated heterocycles. The fraction of sp³-hybridized carbons (Fsp3) is 0.429. The standard InChI is InChI=1S/C21H29NO3/c1-15-6-8-18(17(12-15)21(2,3)4)24-10-11-25-19-9-7-16(14-22)13-20(19)23-5/h6-9,12-13H,10-11,14,22H2,1-5H3. The Balaban J connectivity index is 1.98. The minimum Gasteiger partial charge on any atom is -0.493 e. The summed E-state index contributed by atoms with van der Waals surface area (Å²) in [5.41, 5.74) is 9.13. The van der Waals surface area contributed by atoms with Crippen molar-refractivity contribution < 1.29 is 14.2 Å². The average Bonchev–Trinajstić information content (AvgIpc) is 2.58. The molecule has 0 heterocycles. The van der Waals surface area contributed by atoms with Crippen LogP contribution in [0, 0.1) is 6.92 Å². The Morgan fingerprint density at radius 2 is 1.52 bits per heavy atom. The summed E-state index contributed by atoms with van der Waals surface area (Å²) in [6, 6.07) is 12.0. The lowest BCUT2D eigenvalue weighted by atomic mass is 9.85. The molecular weight excluding hydrogens is 314 g/mol. The van der Waals surface area contributed by atoms with Gasteiger partial charge in [0.15, 0.2) is 11.5 Å². The van der Waals surface area contributed by atoms with Crippen molar-refractivity contribution in [2.75, 3.05) is 20.3 Å². The van der Waals surface area contributed by atoms with Crippen molar-refractivity contribution in [2.24, 2.45) is 5.73 Å². The van der Waals surface area contributed by atoms with Crippen LogP contribution in [0.5, 0.6) is 17.2 Å². The third-order valence-corrected chi connectivity index (χ3v) is 4.01. The van der Waals surface area contributed by atoms with E-state index in [-0.39, 0.29) is 5.41 Å². The molecule has 0 radical (unpaired) electrons. The maximum absolute atomic E-state index is 5.97. The number of ether oxygens (including phenoxy) is 3. The molecular formula is C21H29NO3. The summed E-state index contributed by atoms with van der Waals surface area (Å²) in [4.78, 5) is 0. The van der Waals surface area contributed by atoms with Gasteiger partial charge < -0.3 is 19.9 Å². The molecule has 4 nitrogen and oxygen atoms in total. The van der Waals surface area contributed by atoms with Gasteiger partial charge in [0.05, 0.1) is 7.11 Å². The zero-order chi connectivity index (χ0) is 18.4. The predicted octanol–water partition coefficient (Wildman–Crippen LogP) is 4.22. The molecule has 2 rings (SSSR count). The molecule has 4 heteroatoms. The van der Waals surface area contributed by atoms with Gasteiger partial charge in [-0.15, -0.1) is 0 Å². The first-order valence-electron chi connectivity index (χ1n) is 8.59. The Morgan fingerprint density at radius 3 is 2.12 bits per heavy atom. The highest BCUT2D eigenvalue weighted by Gasteiger charge is 2.19. The lowest BCUT2D eigenvalue weighted by molar-refractivity contribution is 0.208. The molecule has 2 aromatic carbocycles. The van der Waals surface area contributed by atoms with Crippen LogP contribution in [0.2, 0.25) is 0 Å². The number of benzene rings is 2. The molecule has 0 aliphatic heterocycles. The van der Waals surface area contributed by atoms with E-state index in [1.807, 2.05) is 24.3 Å². The van der Waals surface area contributed by atoms with Crippen molar-refractivity contribution >= 4 is 0 Å². The molecule has 0 amide bonds. The van der Waals surface area contributed by atoms with Gasteiger partial charge in [-0.05, 0) is 41.7 Å². The van der Waals surface area contributed by atoms with Gasteiger partial charge in [0, 0.05) is 6.54 Å². The summed E-state index contributed by atoms with van der Waals surface area (Å²) < 4.78 is 17.1. The van der Waals surface area contributed by atoms with Gasteiger partial charge >= 0.3 is 0 Å². The first kappa shape index (κ1) is 19.1. The van der Waals surface area contributed by atoms with E-state index in [0.717, 1.165) is 11.3 Å². The Bertz CT molecular complexity index is 705. The lowest BCUT2D eigenvalue weighted by Gasteiger charge is -2.23. The molecule has 0 saturated carbocycles. The average molecular weight is 343 g/mol. The van der Waals surface area contributed by atoms with E-state index in [2.05, 4.69) is 39.8 Å². The molecule has 0 aromatic heterocycles. The predicted molar refractivity (Wildman–Crippen MR) is 102 cm³/mol. The SMILES string of the molecule is COc1cc(CN)ccc1OCCOc1ccc(C)cc1C(C)(C)C. The Hall–Kier alpha value is -2.20. The Morgan fingerprint density at radius 1 is 0.880 bits per heavy atom.